The number of aliphatic hydroxyl groups excluding tert-OH is 1. The Kier molecular flexibility index (Phi) is 7.78. The van der Waals surface area contributed by atoms with E-state index in [0.29, 0.717) is 30.1 Å². The molecule has 0 amide bonds. The lowest BCUT2D eigenvalue weighted by molar-refractivity contribution is -0.385. The first-order valence-corrected chi connectivity index (χ1v) is 9.36. The van der Waals surface area contributed by atoms with Crippen molar-refractivity contribution in [3.8, 4) is 5.75 Å². The van der Waals surface area contributed by atoms with E-state index in [0.717, 1.165) is 0 Å². The Morgan fingerprint density at radius 2 is 2.24 bits per heavy atom. The van der Waals surface area contributed by atoms with Gasteiger partial charge >= 0.3 is 0 Å². The summed E-state index contributed by atoms with van der Waals surface area (Å²) >= 11 is 0. The molecule has 1 unspecified atom stereocenters. The van der Waals surface area contributed by atoms with Gasteiger partial charge in [-0.2, -0.15) is 0 Å². The molecule has 1 aliphatic rings. The average Bonchev–Trinajstić information content (AvgIpc) is 2.71. The van der Waals surface area contributed by atoms with Gasteiger partial charge in [-0.1, -0.05) is 6.92 Å². The second-order valence-corrected chi connectivity index (χ2v) is 6.72. The average molecular weight is 406 g/mol. The van der Waals surface area contributed by atoms with Crippen LogP contribution in [0.1, 0.15) is 38.8 Å². The highest BCUT2D eigenvalue weighted by Crippen LogP contribution is 2.42. The minimum atomic E-state index is -0.972. The fraction of sp³-hybridized carbons (Fsp3) is 0.500. The van der Waals surface area contributed by atoms with E-state index in [4.69, 9.17) is 14.2 Å². The van der Waals surface area contributed by atoms with E-state index in [1.165, 1.54) is 18.2 Å². The van der Waals surface area contributed by atoms with Gasteiger partial charge in [0.2, 0.25) is 0 Å². The molecular weight excluding hydrogens is 380 g/mol. The summed E-state index contributed by atoms with van der Waals surface area (Å²) in [5.41, 5.74) is -0.481. The zero-order valence-electron chi connectivity index (χ0n) is 16.7. The second kappa shape index (κ2) is 10.1. The highest BCUT2D eigenvalue weighted by Gasteiger charge is 2.45. The van der Waals surface area contributed by atoms with Gasteiger partial charge in [0, 0.05) is 30.0 Å². The molecule has 0 spiro atoms. The summed E-state index contributed by atoms with van der Waals surface area (Å²) in [7, 11) is 0. The van der Waals surface area contributed by atoms with E-state index in [9.17, 15) is 20.0 Å². The molecule has 0 saturated heterocycles. The van der Waals surface area contributed by atoms with E-state index < -0.39 is 22.7 Å². The molecule has 9 heteroatoms. The maximum absolute atomic E-state index is 11.2. The van der Waals surface area contributed by atoms with Crippen LogP contribution >= 0.6 is 0 Å². The smallest absolute Gasteiger partial charge is 0.270 e. The third kappa shape index (κ3) is 5.35. The van der Waals surface area contributed by atoms with Crippen LogP contribution in [-0.2, 0) is 14.3 Å². The van der Waals surface area contributed by atoms with Crippen molar-refractivity contribution in [1.29, 1.82) is 0 Å². The minimum absolute atomic E-state index is 0.0931. The number of nitrogens with one attached hydrogen (secondary N) is 1. The molecule has 0 aromatic heterocycles. The van der Waals surface area contributed by atoms with Crippen LogP contribution in [0.5, 0.6) is 5.75 Å². The van der Waals surface area contributed by atoms with Crippen molar-refractivity contribution in [3.63, 3.8) is 0 Å². The number of hydrogen-bond donors (Lipinski definition) is 2. The van der Waals surface area contributed by atoms with Gasteiger partial charge in [-0.3, -0.25) is 10.1 Å². The molecule has 2 rings (SSSR count). The maximum atomic E-state index is 11.2. The maximum Gasteiger partial charge on any atom is 0.270 e. The zero-order chi connectivity index (χ0) is 21.4. The first-order chi connectivity index (χ1) is 13.9. The molecule has 0 fully saturated rings. The molecular formula is C20H26N2O7. The third-order valence-electron chi connectivity index (χ3n) is 4.81. The Balaban J connectivity index is 2.33. The van der Waals surface area contributed by atoms with Gasteiger partial charge in [-0.25, -0.2) is 4.79 Å². The third-order valence-corrected chi connectivity index (χ3v) is 4.81. The molecule has 3 atom stereocenters. The zero-order valence-corrected chi connectivity index (χ0v) is 16.7. The number of nitro benzene ring substituents is 1. The predicted molar refractivity (Wildman–Crippen MR) is 105 cm³/mol. The molecule has 0 radical (unpaired) electrons. The van der Waals surface area contributed by atoms with Gasteiger partial charge in [-0.15, -0.1) is 0 Å². The van der Waals surface area contributed by atoms with Crippen LogP contribution < -0.4 is 10.1 Å². The van der Waals surface area contributed by atoms with Gasteiger partial charge in [0.05, 0.1) is 24.2 Å². The van der Waals surface area contributed by atoms with E-state index in [2.05, 4.69) is 5.32 Å². The van der Waals surface area contributed by atoms with Crippen LogP contribution in [0.2, 0.25) is 0 Å². The summed E-state index contributed by atoms with van der Waals surface area (Å²) in [6, 6.07) is 3.66. The summed E-state index contributed by atoms with van der Waals surface area (Å²) in [6.07, 6.45) is 2.33. The number of nitrogens with zero attached hydrogens (tertiary/aromatic N) is 1. The normalized spacial score (nSPS) is 23.4. The van der Waals surface area contributed by atoms with Crippen molar-refractivity contribution in [2.75, 3.05) is 19.8 Å². The van der Waals surface area contributed by atoms with Crippen molar-refractivity contribution < 1.29 is 29.0 Å². The molecule has 1 aliphatic heterocycles. The SMILES string of the molecule is CCO/C(=C/NC1c2cc([N+](=O)[O-])ccc2O[C@@](C)(CC)[C@@H]1O)COCC=C=O. The highest BCUT2D eigenvalue weighted by molar-refractivity contribution is 5.48. The van der Waals surface area contributed by atoms with E-state index in [1.54, 1.807) is 25.1 Å². The molecule has 0 aliphatic carbocycles. The molecule has 2 N–H and O–H groups in total. The Morgan fingerprint density at radius 1 is 1.48 bits per heavy atom. The number of non-ortho nitro benzene ring substituents is 1. The number of benzene rings is 1. The lowest BCUT2D eigenvalue weighted by Crippen LogP contribution is -2.53. The molecule has 1 heterocycles. The van der Waals surface area contributed by atoms with Gasteiger partial charge in [-0.05, 0) is 26.3 Å². The van der Waals surface area contributed by atoms with Gasteiger partial charge in [0.25, 0.3) is 5.69 Å². The number of hydrogen-bond acceptors (Lipinski definition) is 8. The van der Waals surface area contributed by atoms with Crippen molar-refractivity contribution in [2.45, 2.75) is 44.9 Å². The van der Waals surface area contributed by atoms with Gasteiger partial charge in [0.1, 0.15) is 35.8 Å². The number of aliphatic hydroxyl groups is 1. The van der Waals surface area contributed by atoms with Crippen molar-refractivity contribution in [3.05, 3.63) is 51.9 Å². The van der Waals surface area contributed by atoms with Crippen LogP contribution in [0, 0.1) is 10.1 Å². The largest absolute Gasteiger partial charge is 0.494 e. The molecule has 0 saturated carbocycles. The molecule has 29 heavy (non-hydrogen) atoms. The number of rotatable bonds is 10. The lowest BCUT2D eigenvalue weighted by atomic mass is 9.83. The fourth-order valence-electron chi connectivity index (χ4n) is 3.03. The van der Waals surface area contributed by atoms with Gasteiger partial charge in [0.15, 0.2) is 0 Å². The lowest BCUT2D eigenvalue weighted by Gasteiger charge is -2.43. The monoisotopic (exact) mass is 406 g/mol. The van der Waals surface area contributed by atoms with Gasteiger partial charge < -0.3 is 24.6 Å². The van der Waals surface area contributed by atoms with E-state index in [-0.39, 0.29) is 18.9 Å². The predicted octanol–water partition coefficient (Wildman–Crippen LogP) is 2.43. The number of carbonyl (C=O) groups excluding carboxylic acids is 1. The number of nitro groups is 1. The van der Waals surface area contributed by atoms with Crippen molar-refractivity contribution in [1.82, 2.24) is 5.32 Å². The first-order valence-electron chi connectivity index (χ1n) is 9.36. The summed E-state index contributed by atoms with van der Waals surface area (Å²) in [4.78, 5) is 20.9. The van der Waals surface area contributed by atoms with Crippen molar-refractivity contribution in [2.24, 2.45) is 0 Å². The quantitative estimate of drug-likeness (QED) is 0.200. The number of ether oxygens (including phenoxy) is 3. The first kappa shape index (κ1) is 22.4. The Bertz CT molecular complexity index is 804. The molecule has 158 valence electrons. The van der Waals surface area contributed by atoms with Crippen LogP contribution in [0.3, 0.4) is 0 Å². The fourth-order valence-corrected chi connectivity index (χ4v) is 3.03. The molecule has 1 aromatic rings. The van der Waals surface area contributed by atoms with E-state index >= 15 is 0 Å². The Morgan fingerprint density at radius 3 is 2.86 bits per heavy atom. The van der Waals surface area contributed by atoms with Crippen LogP contribution in [0.15, 0.2) is 36.2 Å². The standard InChI is InChI=1S/C20H26N2O7/c1-4-20(3)19(24)18(16-11-14(22(25)26)7-8-17(16)29-20)21-12-15(28-5-2)13-27-10-6-9-23/h6-8,11-12,18-19,21,24H,4-5,10,13H2,1-3H3/b15-12+/t18?,19-,20+/m1/s1. The van der Waals surface area contributed by atoms with Crippen LogP contribution in [0.25, 0.3) is 0 Å². The summed E-state index contributed by atoms with van der Waals surface area (Å²) < 4.78 is 16.8. The topological polar surface area (TPSA) is 120 Å². The second-order valence-electron chi connectivity index (χ2n) is 6.72. The Labute approximate surface area is 169 Å². The summed E-state index contributed by atoms with van der Waals surface area (Å²) in [5, 5.41) is 25.2. The van der Waals surface area contributed by atoms with Crippen molar-refractivity contribution >= 4 is 11.6 Å². The minimum Gasteiger partial charge on any atom is -0.494 e. The molecule has 9 nitrogen and oxygen atoms in total. The summed E-state index contributed by atoms with van der Waals surface area (Å²) in [6.45, 7) is 6.09. The number of fused-ring (bicyclic) bond motifs is 1. The molecule has 0 bridgehead atoms. The van der Waals surface area contributed by atoms with Crippen LogP contribution in [0.4, 0.5) is 5.69 Å². The van der Waals surface area contributed by atoms with Crippen LogP contribution in [-0.4, -0.2) is 47.5 Å². The highest BCUT2D eigenvalue weighted by atomic mass is 16.6. The Hall–Kier alpha value is -2.87. The summed E-state index contributed by atoms with van der Waals surface area (Å²) in [5.74, 6) is 2.55. The van der Waals surface area contributed by atoms with E-state index in [1.807, 2.05) is 13.8 Å². The molecule has 1 aromatic carbocycles.